The summed E-state index contributed by atoms with van der Waals surface area (Å²) in [6.45, 7) is 2.80. The molecule has 0 bridgehead atoms. The number of nitrogens with zero attached hydrogens (tertiary/aromatic N) is 1. The van der Waals surface area contributed by atoms with Crippen LogP contribution < -0.4 is 11.1 Å². The number of rotatable bonds is 3. The van der Waals surface area contributed by atoms with Crippen LogP contribution in [-0.4, -0.2) is 17.4 Å². The number of thiazole rings is 1. The molecule has 1 aromatic heterocycles. The van der Waals surface area contributed by atoms with Gasteiger partial charge in [-0.1, -0.05) is 17.4 Å². The molecule has 2 aromatic rings. The molecule has 0 saturated heterocycles. The summed E-state index contributed by atoms with van der Waals surface area (Å²) < 4.78 is 1.12. The lowest BCUT2D eigenvalue weighted by atomic mass is 9.82. The molecule has 0 aliphatic heterocycles. The first-order chi connectivity index (χ1) is 10.2. The van der Waals surface area contributed by atoms with Gasteiger partial charge in [0.25, 0.3) is 0 Å². The molecule has 5 heteroatoms. The Bertz CT molecular complexity index is 644. The van der Waals surface area contributed by atoms with Gasteiger partial charge >= 0.3 is 0 Å². The van der Waals surface area contributed by atoms with Gasteiger partial charge in [0.05, 0.1) is 10.2 Å². The molecule has 0 atom stereocenters. The second-order valence-corrected chi connectivity index (χ2v) is 6.96. The molecule has 1 saturated carbocycles. The lowest BCUT2D eigenvalue weighted by Gasteiger charge is -2.26. The molecule has 1 aliphatic carbocycles. The summed E-state index contributed by atoms with van der Waals surface area (Å²) >= 11 is 1.55. The molecule has 0 radical (unpaired) electrons. The number of hydrogen-bond acceptors (Lipinski definition) is 4. The van der Waals surface area contributed by atoms with E-state index in [1.54, 1.807) is 11.3 Å². The van der Waals surface area contributed by atoms with E-state index in [-0.39, 0.29) is 11.8 Å². The Balaban J connectivity index is 1.66. The maximum atomic E-state index is 12.3. The highest BCUT2D eigenvalue weighted by molar-refractivity contribution is 7.22. The third-order valence-electron chi connectivity index (χ3n) is 4.32. The highest BCUT2D eigenvalue weighted by Crippen LogP contribution is 2.31. The monoisotopic (exact) mass is 303 g/mol. The Labute approximate surface area is 128 Å². The van der Waals surface area contributed by atoms with Gasteiger partial charge in [0.15, 0.2) is 5.13 Å². The quantitative estimate of drug-likeness (QED) is 0.914. The Morgan fingerprint density at radius 3 is 2.86 bits per heavy atom. The average Bonchev–Trinajstić information content (AvgIpc) is 2.88. The van der Waals surface area contributed by atoms with Crippen LogP contribution in [0.4, 0.5) is 5.13 Å². The molecule has 3 N–H and O–H groups in total. The van der Waals surface area contributed by atoms with E-state index in [4.69, 9.17) is 5.73 Å². The van der Waals surface area contributed by atoms with Gasteiger partial charge < -0.3 is 11.1 Å². The predicted molar refractivity (Wildman–Crippen MR) is 87.5 cm³/mol. The van der Waals surface area contributed by atoms with Crippen LogP contribution in [0, 0.1) is 18.8 Å². The summed E-state index contributed by atoms with van der Waals surface area (Å²) in [6.07, 6.45) is 4.01. The van der Waals surface area contributed by atoms with Crippen molar-refractivity contribution in [1.29, 1.82) is 0 Å². The zero-order valence-corrected chi connectivity index (χ0v) is 13.1. The highest BCUT2D eigenvalue weighted by Gasteiger charge is 2.26. The topological polar surface area (TPSA) is 68.0 Å². The molecule has 0 spiro atoms. The summed E-state index contributed by atoms with van der Waals surface area (Å²) in [5, 5.41) is 3.70. The van der Waals surface area contributed by atoms with E-state index >= 15 is 0 Å². The number of amides is 1. The number of fused-ring (bicyclic) bond motifs is 1. The van der Waals surface area contributed by atoms with Crippen molar-refractivity contribution in [3.8, 4) is 0 Å². The van der Waals surface area contributed by atoms with Gasteiger partial charge in [-0.05, 0) is 62.8 Å². The van der Waals surface area contributed by atoms with Gasteiger partial charge in [0.1, 0.15) is 0 Å². The van der Waals surface area contributed by atoms with E-state index in [2.05, 4.69) is 23.3 Å². The smallest absolute Gasteiger partial charge is 0.229 e. The number of aromatic nitrogens is 1. The van der Waals surface area contributed by atoms with Crippen LogP contribution in [0.1, 0.15) is 31.2 Å². The summed E-state index contributed by atoms with van der Waals surface area (Å²) in [4.78, 5) is 16.8. The van der Waals surface area contributed by atoms with Crippen molar-refractivity contribution in [3.05, 3.63) is 23.8 Å². The number of nitrogens with two attached hydrogens (primary N) is 1. The molecule has 1 aromatic carbocycles. The Morgan fingerprint density at radius 2 is 2.14 bits per heavy atom. The second-order valence-electron chi connectivity index (χ2n) is 5.93. The molecular weight excluding hydrogens is 282 g/mol. The molecule has 0 unspecified atom stereocenters. The molecule has 4 nitrogen and oxygen atoms in total. The van der Waals surface area contributed by atoms with E-state index in [0.29, 0.717) is 11.0 Å². The number of hydrogen-bond donors (Lipinski definition) is 2. The van der Waals surface area contributed by atoms with Gasteiger partial charge in [0, 0.05) is 5.92 Å². The van der Waals surface area contributed by atoms with Crippen LogP contribution in [0.15, 0.2) is 18.2 Å². The third kappa shape index (κ3) is 3.24. The average molecular weight is 303 g/mol. The largest absolute Gasteiger partial charge is 0.330 e. The van der Waals surface area contributed by atoms with Crippen molar-refractivity contribution in [2.45, 2.75) is 32.6 Å². The maximum Gasteiger partial charge on any atom is 0.229 e. The molecule has 112 valence electrons. The molecular formula is C16H21N3OS. The summed E-state index contributed by atoms with van der Waals surface area (Å²) in [5.74, 6) is 0.822. The number of anilines is 1. The van der Waals surface area contributed by atoms with Crippen molar-refractivity contribution in [2.75, 3.05) is 11.9 Å². The number of nitrogens with one attached hydrogen (secondary N) is 1. The Kier molecular flexibility index (Phi) is 4.22. The fourth-order valence-corrected chi connectivity index (χ4v) is 3.92. The number of carbonyl (C=O) groups is 1. The van der Waals surface area contributed by atoms with E-state index in [0.717, 1.165) is 42.4 Å². The van der Waals surface area contributed by atoms with Gasteiger partial charge in [-0.25, -0.2) is 4.98 Å². The van der Waals surface area contributed by atoms with Crippen LogP contribution in [-0.2, 0) is 4.79 Å². The van der Waals surface area contributed by atoms with Gasteiger partial charge in [-0.3, -0.25) is 4.79 Å². The van der Waals surface area contributed by atoms with Gasteiger partial charge in [-0.15, -0.1) is 0 Å². The minimum atomic E-state index is 0.112. The van der Waals surface area contributed by atoms with E-state index < -0.39 is 0 Å². The zero-order valence-electron chi connectivity index (χ0n) is 12.3. The lowest BCUT2D eigenvalue weighted by Crippen LogP contribution is -2.29. The maximum absolute atomic E-state index is 12.3. The van der Waals surface area contributed by atoms with Crippen molar-refractivity contribution < 1.29 is 4.79 Å². The highest BCUT2D eigenvalue weighted by atomic mass is 32.1. The minimum absolute atomic E-state index is 0.112. The van der Waals surface area contributed by atoms with Gasteiger partial charge in [-0.2, -0.15) is 0 Å². The normalized spacial score (nSPS) is 22.4. The first-order valence-corrected chi connectivity index (χ1v) is 8.35. The zero-order chi connectivity index (χ0) is 14.8. The SMILES string of the molecule is Cc1ccc2nc(NC(=O)C3CCC(CN)CC3)sc2c1. The molecule has 21 heavy (non-hydrogen) atoms. The molecule has 1 heterocycles. The van der Waals surface area contributed by atoms with Crippen LogP contribution in [0.25, 0.3) is 10.2 Å². The summed E-state index contributed by atoms with van der Waals surface area (Å²) in [6, 6.07) is 6.15. The minimum Gasteiger partial charge on any atom is -0.330 e. The fraction of sp³-hybridized carbons (Fsp3) is 0.500. The third-order valence-corrected chi connectivity index (χ3v) is 5.26. The first-order valence-electron chi connectivity index (χ1n) is 7.54. The molecule has 1 amide bonds. The van der Waals surface area contributed by atoms with E-state index in [1.807, 2.05) is 12.1 Å². The summed E-state index contributed by atoms with van der Waals surface area (Å²) in [5.41, 5.74) is 7.86. The Hall–Kier alpha value is -1.46. The van der Waals surface area contributed by atoms with E-state index in [1.165, 1.54) is 5.56 Å². The molecule has 1 fully saturated rings. The number of carbonyl (C=O) groups excluding carboxylic acids is 1. The van der Waals surface area contributed by atoms with Crippen molar-refractivity contribution in [1.82, 2.24) is 4.98 Å². The number of aryl methyl sites for hydroxylation is 1. The van der Waals surface area contributed by atoms with Crippen LogP contribution >= 0.6 is 11.3 Å². The van der Waals surface area contributed by atoms with Crippen molar-refractivity contribution in [3.63, 3.8) is 0 Å². The predicted octanol–water partition coefficient (Wildman–Crippen LogP) is 3.31. The first kappa shape index (κ1) is 14.5. The van der Waals surface area contributed by atoms with Gasteiger partial charge in [0.2, 0.25) is 5.91 Å². The standard InChI is InChI=1S/C16H21N3OS/c1-10-2-7-13-14(8-10)21-16(18-13)19-15(20)12-5-3-11(9-17)4-6-12/h2,7-8,11-12H,3-6,9,17H2,1H3,(H,18,19,20). The van der Waals surface area contributed by atoms with Crippen LogP contribution in [0.3, 0.4) is 0 Å². The fourth-order valence-electron chi connectivity index (χ4n) is 2.95. The van der Waals surface area contributed by atoms with Crippen molar-refractivity contribution in [2.24, 2.45) is 17.6 Å². The van der Waals surface area contributed by atoms with Crippen molar-refractivity contribution >= 4 is 32.6 Å². The summed E-state index contributed by atoms with van der Waals surface area (Å²) in [7, 11) is 0. The second kappa shape index (κ2) is 6.12. The van der Waals surface area contributed by atoms with Crippen LogP contribution in [0.2, 0.25) is 0 Å². The Morgan fingerprint density at radius 1 is 1.38 bits per heavy atom. The van der Waals surface area contributed by atoms with Crippen LogP contribution in [0.5, 0.6) is 0 Å². The van der Waals surface area contributed by atoms with E-state index in [9.17, 15) is 4.79 Å². The number of benzene rings is 1. The molecule has 1 aliphatic rings. The molecule has 3 rings (SSSR count). The lowest BCUT2D eigenvalue weighted by molar-refractivity contribution is -0.121.